The van der Waals surface area contributed by atoms with Gasteiger partial charge in [0.05, 0.1) is 22.0 Å². The Morgan fingerprint density at radius 2 is 1.95 bits per heavy atom. The van der Waals surface area contributed by atoms with Crippen LogP contribution in [0.1, 0.15) is 32.2 Å². The van der Waals surface area contributed by atoms with Crippen molar-refractivity contribution >= 4 is 21.7 Å². The van der Waals surface area contributed by atoms with E-state index in [1.54, 1.807) is 6.26 Å². The first-order chi connectivity index (χ1) is 8.84. The molecule has 0 aliphatic rings. The summed E-state index contributed by atoms with van der Waals surface area (Å²) in [5.74, 6) is 2.29. The molecule has 0 aromatic carbocycles. The number of hydrogen-bond acceptors (Lipinski definition) is 4. The highest BCUT2D eigenvalue weighted by Gasteiger charge is 2.24. The number of aryl methyl sites for hydroxylation is 1. The summed E-state index contributed by atoms with van der Waals surface area (Å²) in [5, 5.41) is 3.10. The normalized spacial score (nSPS) is 11.7. The van der Waals surface area contributed by atoms with Gasteiger partial charge in [-0.3, -0.25) is 0 Å². The average molecular weight is 324 g/mol. The third-order valence-corrected chi connectivity index (χ3v) is 3.65. The van der Waals surface area contributed by atoms with Gasteiger partial charge in [-0.2, -0.15) is 0 Å². The molecule has 0 fully saturated rings. The molecule has 0 amide bonds. The summed E-state index contributed by atoms with van der Waals surface area (Å²) in [6.45, 7) is 8.30. The lowest BCUT2D eigenvalue weighted by atomic mass is 9.91. The summed E-state index contributed by atoms with van der Waals surface area (Å²) in [6.07, 6.45) is 1.66. The van der Waals surface area contributed by atoms with E-state index in [9.17, 15) is 0 Å². The van der Waals surface area contributed by atoms with Crippen LogP contribution in [0.2, 0.25) is 0 Å². The van der Waals surface area contributed by atoms with Crippen molar-refractivity contribution in [1.29, 1.82) is 0 Å². The van der Waals surface area contributed by atoms with E-state index in [0.29, 0.717) is 5.82 Å². The van der Waals surface area contributed by atoms with Crippen LogP contribution in [0.15, 0.2) is 21.2 Å². The van der Waals surface area contributed by atoms with Gasteiger partial charge < -0.3 is 9.73 Å². The predicted octanol–water partition coefficient (Wildman–Crippen LogP) is 4.15. The summed E-state index contributed by atoms with van der Waals surface area (Å²) >= 11 is 3.58. The highest BCUT2D eigenvalue weighted by Crippen LogP contribution is 2.34. The van der Waals surface area contributed by atoms with Crippen molar-refractivity contribution in [3.63, 3.8) is 0 Å². The molecular weight excluding hydrogens is 306 g/mol. The fourth-order valence-electron chi connectivity index (χ4n) is 1.85. The standard InChI is InChI=1S/C14H18BrN3O/c1-8-9(6-7-19-8)12-17-11(14(2,3)4)10(15)13(16-5)18-12/h6-7H,1-5H3,(H,16,17,18). The Morgan fingerprint density at radius 3 is 2.42 bits per heavy atom. The van der Waals surface area contributed by atoms with E-state index in [1.807, 2.05) is 20.0 Å². The predicted molar refractivity (Wildman–Crippen MR) is 80.4 cm³/mol. The zero-order valence-corrected chi connectivity index (χ0v) is 13.4. The molecule has 0 radical (unpaired) electrons. The molecule has 0 saturated heterocycles. The van der Waals surface area contributed by atoms with Crippen LogP contribution in [0.5, 0.6) is 0 Å². The van der Waals surface area contributed by atoms with Crippen molar-refractivity contribution in [3.8, 4) is 11.4 Å². The summed E-state index contributed by atoms with van der Waals surface area (Å²) in [6, 6.07) is 1.89. The molecule has 0 saturated carbocycles. The van der Waals surface area contributed by atoms with Crippen LogP contribution in [0.3, 0.4) is 0 Å². The van der Waals surface area contributed by atoms with Crippen LogP contribution in [-0.4, -0.2) is 17.0 Å². The highest BCUT2D eigenvalue weighted by atomic mass is 79.9. The van der Waals surface area contributed by atoms with Crippen LogP contribution in [0, 0.1) is 6.92 Å². The Morgan fingerprint density at radius 1 is 1.26 bits per heavy atom. The maximum atomic E-state index is 5.34. The first-order valence-electron chi connectivity index (χ1n) is 6.15. The molecule has 0 spiro atoms. The van der Waals surface area contributed by atoms with E-state index in [1.165, 1.54) is 0 Å². The molecular formula is C14H18BrN3O. The van der Waals surface area contributed by atoms with Crippen molar-refractivity contribution in [1.82, 2.24) is 9.97 Å². The maximum absolute atomic E-state index is 5.34. The van der Waals surface area contributed by atoms with Crippen LogP contribution in [0.25, 0.3) is 11.4 Å². The Hall–Kier alpha value is -1.36. The molecule has 102 valence electrons. The Bertz CT molecular complexity index is 599. The van der Waals surface area contributed by atoms with E-state index in [4.69, 9.17) is 9.40 Å². The Kier molecular flexibility index (Phi) is 3.67. The van der Waals surface area contributed by atoms with Crippen LogP contribution in [-0.2, 0) is 5.41 Å². The van der Waals surface area contributed by atoms with Crippen LogP contribution in [0.4, 0.5) is 5.82 Å². The molecule has 0 aliphatic carbocycles. The van der Waals surface area contributed by atoms with E-state index in [0.717, 1.165) is 27.3 Å². The zero-order valence-electron chi connectivity index (χ0n) is 11.8. The highest BCUT2D eigenvalue weighted by molar-refractivity contribution is 9.10. The van der Waals surface area contributed by atoms with Gasteiger partial charge in [0, 0.05) is 12.5 Å². The summed E-state index contributed by atoms with van der Waals surface area (Å²) in [5.41, 5.74) is 1.83. The van der Waals surface area contributed by atoms with Gasteiger partial charge in [-0.1, -0.05) is 20.8 Å². The molecule has 2 aromatic heterocycles. The molecule has 1 N–H and O–H groups in total. The molecule has 0 bridgehead atoms. The average Bonchev–Trinajstić information content (AvgIpc) is 2.74. The van der Waals surface area contributed by atoms with Crippen molar-refractivity contribution in [3.05, 3.63) is 28.3 Å². The molecule has 2 aromatic rings. The summed E-state index contributed by atoms with van der Waals surface area (Å²) < 4.78 is 6.25. The van der Waals surface area contributed by atoms with Crippen molar-refractivity contribution in [2.75, 3.05) is 12.4 Å². The number of nitrogens with one attached hydrogen (secondary N) is 1. The maximum Gasteiger partial charge on any atom is 0.165 e. The van der Waals surface area contributed by atoms with E-state index < -0.39 is 0 Å². The van der Waals surface area contributed by atoms with Gasteiger partial charge in [-0.15, -0.1) is 0 Å². The number of rotatable bonds is 2. The number of halogens is 1. The molecule has 19 heavy (non-hydrogen) atoms. The fraction of sp³-hybridized carbons (Fsp3) is 0.429. The molecule has 0 atom stereocenters. The van der Waals surface area contributed by atoms with Gasteiger partial charge in [0.25, 0.3) is 0 Å². The molecule has 5 heteroatoms. The third-order valence-electron chi connectivity index (χ3n) is 2.90. The van der Waals surface area contributed by atoms with Crippen molar-refractivity contribution in [2.24, 2.45) is 0 Å². The monoisotopic (exact) mass is 323 g/mol. The molecule has 2 rings (SSSR count). The van der Waals surface area contributed by atoms with Gasteiger partial charge in [0.15, 0.2) is 5.82 Å². The van der Waals surface area contributed by atoms with Crippen LogP contribution < -0.4 is 5.32 Å². The lowest BCUT2D eigenvalue weighted by Gasteiger charge is -2.21. The smallest absolute Gasteiger partial charge is 0.165 e. The number of hydrogen-bond donors (Lipinski definition) is 1. The summed E-state index contributed by atoms with van der Waals surface area (Å²) in [4.78, 5) is 9.24. The van der Waals surface area contributed by atoms with Gasteiger partial charge in [0.1, 0.15) is 11.6 Å². The van der Waals surface area contributed by atoms with Crippen molar-refractivity contribution < 1.29 is 4.42 Å². The van der Waals surface area contributed by atoms with Gasteiger partial charge in [-0.25, -0.2) is 9.97 Å². The molecule has 0 aliphatic heterocycles. The summed E-state index contributed by atoms with van der Waals surface area (Å²) in [7, 11) is 1.85. The second kappa shape index (κ2) is 4.96. The fourth-order valence-corrected chi connectivity index (χ4v) is 2.82. The molecule has 4 nitrogen and oxygen atoms in total. The minimum atomic E-state index is -0.0697. The number of anilines is 1. The van der Waals surface area contributed by atoms with Gasteiger partial charge >= 0.3 is 0 Å². The zero-order chi connectivity index (χ0) is 14.2. The van der Waals surface area contributed by atoms with E-state index >= 15 is 0 Å². The lowest BCUT2D eigenvalue weighted by molar-refractivity contribution is 0.534. The van der Waals surface area contributed by atoms with Gasteiger partial charge in [0.2, 0.25) is 0 Å². The SMILES string of the molecule is CNc1nc(-c2ccoc2C)nc(C(C)(C)C)c1Br. The van der Waals surface area contributed by atoms with E-state index in [2.05, 4.69) is 47.0 Å². The minimum absolute atomic E-state index is 0.0697. The van der Waals surface area contributed by atoms with Crippen molar-refractivity contribution in [2.45, 2.75) is 33.1 Å². The Balaban J connectivity index is 2.68. The quantitative estimate of drug-likeness (QED) is 0.902. The first kappa shape index (κ1) is 14.1. The first-order valence-corrected chi connectivity index (χ1v) is 6.94. The van der Waals surface area contributed by atoms with Crippen LogP contribution >= 0.6 is 15.9 Å². The second-order valence-corrected chi connectivity index (χ2v) is 6.24. The minimum Gasteiger partial charge on any atom is -0.469 e. The largest absolute Gasteiger partial charge is 0.469 e. The second-order valence-electron chi connectivity index (χ2n) is 5.45. The Labute approximate surface area is 121 Å². The molecule has 2 heterocycles. The topological polar surface area (TPSA) is 51.0 Å². The van der Waals surface area contributed by atoms with E-state index in [-0.39, 0.29) is 5.41 Å². The number of furan rings is 1. The third kappa shape index (κ3) is 2.66. The number of aromatic nitrogens is 2. The number of nitrogens with zero attached hydrogens (tertiary/aromatic N) is 2. The molecule has 0 unspecified atom stereocenters. The van der Waals surface area contributed by atoms with Gasteiger partial charge in [-0.05, 0) is 28.9 Å². The lowest BCUT2D eigenvalue weighted by Crippen LogP contribution is -2.17.